The highest BCUT2D eigenvalue weighted by atomic mass is 19.1. The number of aryl methyl sites for hydroxylation is 2. The number of fused-ring (bicyclic) bond motifs is 1. The number of rotatable bonds is 8. The lowest BCUT2D eigenvalue weighted by atomic mass is 9.68. The van der Waals surface area contributed by atoms with Crippen LogP contribution in [0.25, 0.3) is 11.1 Å². The van der Waals surface area contributed by atoms with Gasteiger partial charge in [-0.15, -0.1) is 0 Å². The van der Waals surface area contributed by atoms with E-state index in [2.05, 4.69) is 24.1 Å². The van der Waals surface area contributed by atoms with Gasteiger partial charge in [-0.1, -0.05) is 44.2 Å². The van der Waals surface area contributed by atoms with E-state index in [0.29, 0.717) is 44.9 Å². The maximum atomic E-state index is 14.8. The first-order valence-electron chi connectivity index (χ1n) is 18.0. The van der Waals surface area contributed by atoms with Crippen LogP contribution in [0.4, 0.5) is 20.2 Å². The highest BCUT2D eigenvalue weighted by Gasteiger charge is 2.50. The van der Waals surface area contributed by atoms with Crippen molar-refractivity contribution in [2.75, 3.05) is 23.3 Å². The molecule has 6 rings (SSSR count). The van der Waals surface area contributed by atoms with Crippen molar-refractivity contribution in [2.45, 2.75) is 86.2 Å². The molecule has 2 aliphatic rings. The number of piperidine rings is 1. The Bertz CT molecular complexity index is 1950. The number of Topliss-reactive ketones (excluding diaryl/α,β-unsaturated/α-hetero) is 1. The maximum absolute atomic E-state index is 14.8. The van der Waals surface area contributed by atoms with Crippen molar-refractivity contribution < 1.29 is 33.4 Å². The monoisotopic (exact) mass is 725 g/mol. The topological polar surface area (TPSA) is 120 Å². The van der Waals surface area contributed by atoms with Crippen LogP contribution < -0.4 is 10.2 Å². The average Bonchev–Trinajstić information content (AvgIpc) is 3.06. The van der Waals surface area contributed by atoms with Gasteiger partial charge in [0.25, 0.3) is 0 Å². The van der Waals surface area contributed by atoms with Crippen molar-refractivity contribution in [1.29, 1.82) is 0 Å². The van der Waals surface area contributed by atoms with Crippen LogP contribution in [0.5, 0.6) is 0 Å². The van der Waals surface area contributed by atoms with E-state index in [4.69, 9.17) is 10.1 Å². The molecule has 3 N–H and O–H groups in total. The maximum Gasteiger partial charge on any atom is 0.307 e. The highest BCUT2D eigenvalue weighted by Crippen LogP contribution is 2.45. The summed E-state index contributed by atoms with van der Waals surface area (Å²) in [5.74, 6) is -2.71. The summed E-state index contributed by atoms with van der Waals surface area (Å²) in [6.07, 6.45) is 1.68. The Hall–Kier alpha value is -4.96. The van der Waals surface area contributed by atoms with E-state index < -0.39 is 40.3 Å². The summed E-state index contributed by atoms with van der Waals surface area (Å²) in [5.41, 5.74) is 4.20. The fourth-order valence-corrected chi connectivity index (χ4v) is 7.15. The second kappa shape index (κ2) is 15.2. The van der Waals surface area contributed by atoms with Crippen LogP contribution in [-0.2, 0) is 28.9 Å². The second-order valence-electron chi connectivity index (χ2n) is 16.1. The van der Waals surface area contributed by atoms with Crippen molar-refractivity contribution >= 4 is 29.0 Å². The summed E-state index contributed by atoms with van der Waals surface area (Å²) in [4.78, 5) is 47.9. The number of halogens is 2. The zero-order valence-electron chi connectivity index (χ0n) is 31.6. The molecular formula is C43H49F2N3O5. The number of carbonyl (C=O) groups is 3. The Morgan fingerprint density at radius 3 is 1.87 bits per heavy atom. The standard InChI is InChI=1S/C39H39F2N3O4.C4H10O/c1-23-30(20-33(45)46)35(44-17-15-38(3,4)16-18-44)34(24(2)42-23)27-9-14-32-31(19-27)36(47)39(37(48)43-32,21-25-5-10-28(40)11-6-25)22-26-7-12-29(41)13-8-26;1-4(2,3)5/h5-14,19H,15-18,20-22H2,1-4H3,(H,43,48)(H,45,46);5H,1-3H3. The number of nitrogens with one attached hydrogen (secondary N) is 1. The fourth-order valence-electron chi connectivity index (χ4n) is 7.15. The van der Waals surface area contributed by atoms with Gasteiger partial charge in [-0.2, -0.15) is 0 Å². The number of ketones is 1. The smallest absolute Gasteiger partial charge is 0.307 e. The quantitative estimate of drug-likeness (QED) is 0.157. The molecule has 0 aliphatic carbocycles. The molecule has 0 saturated carbocycles. The number of carboxylic acid groups (broad SMARTS) is 1. The molecule has 10 heteroatoms. The molecule has 0 unspecified atom stereocenters. The summed E-state index contributed by atoms with van der Waals surface area (Å²) in [5, 5.41) is 21.4. The highest BCUT2D eigenvalue weighted by molar-refractivity contribution is 6.24. The van der Waals surface area contributed by atoms with Crippen molar-refractivity contribution in [2.24, 2.45) is 10.8 Å². The Kier molecular flexibility index (Phi) is 11.2. The number of anilines is 2. The van der Waals surface area contributed by atoms with Crippen LogP contribution >= 0.6 is 0 Å². The number of amides is 1. The van der Waals surface area contributed by atoms with Gasteiger partial charge in [-0.25, -0.2) is 8.78 Å². The van der Waals surface area contributed by atoms with E-state index in [9.17, 15) is 28.3 Å². The minimum Gasteiger partial charge on any atom is -0.481 e. The molecule has 3 heterocycles. The molecule has 280 valence electrons. The van der Waals surface area contributed by atoms with Crippen LogP contribution in [0.15, 0.2) is 66.7 Å². The van der Waals surface area contributed by atoms with Gasteiger partial charge in [0.1, 0.15) is 17.0 Å². The average molecular weight is 726 g/mol. The summed E-state index contributed by atoms with van der Waals surface area (Å²) in [6, 6.07) is 16.7. The molecule has 0 atom stereocenters. The van der Waals surface area contributed by atoms with Crippen molar-refractivity contribution in [3.05, 3.63) is 112 Å². The van der Waals surface area contributed by atoms with Gasteiger partial charge in [0.2, 0.25) is 5.91 Å². The van der Waals surface area contributed by atoms with Crippen molar-refractivity contribution in [3.8, 4) is 11.1 Å². The number of aromatic nitrogens is 1. The third-order valence-corrected chi connectivity index (χ3v) is 9.93. The Labute approximate surface area is 310 Å². The molecule has 4 aromatic rings. The molecule has 2 aliphatic heterocycles. The Morgan fingerprint density at radius 1 is 0.868 bits per heavy atom. The second-order valence-corrected chi connectivity index (χ2v) is 16.1. The predicted molar refractivity (Wildman–Crippen MR) is 203 cm³/mol. The van der Waals surface area contributed by atoms with E-state index in [1.165, 1.54) is 24.3 Å². The molecule has 0 spiro atoms. The Morgan fingerprint density at radius 2 is 1.38 bits per heavy atom. The molecule has 1 amide bonds. The van der Waals surface area contributed by atoms with Crippen LogP contribution in [0.2, 0.25) is 0 Å². The number of hydrogen-bond acceptors (Lipinski definition) is 6. The van der Waals surface area contributed by atoms with Gasteiger partial charge in [0, 0.05) is 41.2 Å². The van der Waals surface area contributed by atoms with Crippen molar-refractivity contribution in [3.63, 3.8) is 0 Å². The van der Waals surface area contributed by atoms with E-state index >= 15 is 0 Å². The molecule has 3 aromatic carbocycles. The number of carbonyl (C=O) groups excluding carboxylic acids is 2. The van der Waals surface area contributed by atoms with E-state index in [1.807, 2.05) is 19.9 Å². The molecule has 1 aromatic heterocycles. The minimum atomic E-state index is -1.60. The molecular weight excluding hydrogens is 676 g/mol. The minimum absolute atomic E-state index is 0.00167. The lowest BCUT2D eigenvalue weighted by molar-refractivity contribution is -0.136. The summed E-state index contributed by atoms with van der Waals surface area (Å²) >= 11 is 0. The third kappa shape index (κ3) is 9.16. The van der Waals surface area contributed by atoms with Crippen LogP contribution in [0.1, 0.15) is 85.9 Å². The predicted octanol–water partition coefficient (Wildman–Crippen LogP) is 8.28. The number of aliphatic carboxylic acids is 1. The zero-order valence-corrected chi connectivity index (χ0v) is 31.6. The van der Waals surface area contributed by atoms with E-state index in [1.54, 1.807) is 57.2 Å². The number of pyridine rings is 1. The number of benzene rings is 3. The number of hydrogen-bond donors (Lipinski definition) is 3. The zero-order chi connectivity index (χ0) is 38.9. The SMILES string of the molecule is CC(C)(C)O.Cc1nc(C)c(-c2ccc3c(c2)C(=O)C(Cc2ccc(F)cc2)(Cc2ccc(F)cc2)C(=O)N3)c(N2CCC(C)(C)CC2)c1CC(=O)O. The Balaban J connectivity index is 0.00000101. The lowest BCUT2D eigenvalue weighted by Gasteiger charge is -2.40. The molecule has 8 nitrogen and oxygen atoms in total. The van der Waals surface area contributed by atoms with Crippen LogP contribution in [0.3, 0.4) is 0 Å². The van der Waals surface area contributed by atoms with Gasteiger partial charge < -0.3 is 20.4 Å². The fraction of sp³-hybridized carbons (Fsp3) is 0.395. The van der Waals surface area contributed by atoms with E-state index in [-0.39, 0.29) is 24.7 Å². The van der Waals surface area contributed by atoms with Gasteiger partial charge >= 0.3 is 5.97 Å². The summed E-state index contributed by atoms with van der Waals surface area (Å²) < 4.78 is 27.7. The molecule has 0 radical (unpaired) electrons. The number of aliphatic hydroxyl groups is 1. The molecule has 1 saturated heterocycles. The van der Waals surface area contributed by atoms with Gasteiger partial charge in [-0.3, -0.25) is 19.4 Å². The first kappa shape index (κ1) is 39.3. The normalized spacial score (nSPS) is 16.3. The largest absolute Gasteiger partial charge is 0.481 e. The van der Waals surface area contributed by atoms with Gasteiger partial charge in [-0.05, 0) is 119 Å². The van der Waals surface area contributed by atoms with Gasteiger partial charge in [0.05, 0.1) is 23.4 Å². The van der Waals surface area contributed by atoms with Crippen LogP contribution in [-0.4, -0.2) is 51.5 Å². The van der Waals surface area contributed by atoms with Gasteiger partial charge in [0.15, 0.2) is 5.78 Å². The first-order valence-corrected chi connectivity index (χ1v) is 18.0. The number of nitrogens with zero attached hydrogens (tertiary/aromatic N) is 2. The molecule has 53 heavy (non-hydrogen) atoms. The lowest BCUT2D eigenvalue weighted by Crippen LogP contribution is -2.50. The van der Waals surface area contributed by atoms with Crippen molar-refractivity contribution in [1.82, 2.24) is 4.98 Å². The first-order chi connectivity index (χ1) is 24.8. The molecule has 0 bridgehead atoms. The molecule has 1 fully saturated rings. The number of carboxylic acids is 1. The third-order valence-electron chi connectivity index (χ3n) is 9.93. The van der Waals surface area contributed by atoms with Crippen LogP contribution in [0, 0.1) is 36.3 Å². The summed E-state index contributed by atoms with van der Waals surface area (Å²) in [6.45, 7) is 14.9. The van der Waals surface area contributed by atoms with E-state index in [0.717, 1.165) is 37.2 Å². The summed E-state index contributed by atoms with van der Waals surface area (Å²) in [7, 11) is 0.